The lowest BCUT2D eigenvalue weighted by molar-refractivity contribution is -0.153. The van der Waals surface area contributed by atoms with Gasteiger partial charge < -0.3 is 35.8 Å². The Bertz CT molecular complexity index is 1710. The number of ketones is 2. The number of hydrogen-bond acceptors (Lipinski definition) is 11. The summed E-state index contributed by atoms with van der Waals surface area (Å²) in [7, 11) is 6.89. The van der Waals surface area contributed by atoms with Crippen molar-refractivity contribution in [1.29, 1.82) is 0 Å². The molecule has 4 aliphatic rings. The van der Waals surface area contributed by atoms with Gasteiger partial charge in [0.2, 0.25) is 5.78 Å². The Balaban J connectivity index is 1.46. The van der Waals surface area contributed by atoms with Gasteiger partial charge >= 0.3 is 0 Å². The van der Waals surface area contributed by atoms with E-state index in [9.17, 15) is 34.8 Å². The summed E-state index contributed by atoms with van der Waals surface area (Å²) in [6.45, 7) is 4.46. The third-order valence-electron chi connectivity index (χ3n) is 10.2. The maximum Gasteiger partial charge on any atom is 0.255 e. The molecule has 12 heteroatoms. The lowest BCUT2D eigenvalue weighted by Gasteiger charge is -2.50. The van der Waals surface area contributed by atoms with Gasteiger partial charge in [0.15, 0.2) is 11.4 Å². The zero-order valence-electron chi connectivity index (χ0n) is 26.4. The van der Waals surface area contributed by atoms with Crippen LogP contribution in [0.4, 0.5) is 0 Å². The zero-order valence-corrected chi connectivity index (χ0v) is 26.4. The second kappa shape index (κ2) is 11.5. The highest BCUT2D eigenvalue weighted by Crippen LogP contribution is 2.53. The number of aliphatic hydroxyl groups is 3. The van der Waals surface area contributed by atoms with Crippen molar-refractivity contribution in [2.45, 2.75) is 31.0 Å². The molecule has 2 fully saturated rings. The fraction of sp³-hybridized carbons (Fsp3) is 0.441. The summed E-state index contributed by atoms with van der Waals surface area (Å²) >= 11 is 0. The number of fused-ring (bicyclic) bond motifs is 3. The molecule has 2 aromatic carbocycles. The monoisotopic (exact) mass is 632 g/mol. The van der Waals surface area contributed by atoms with E-state index >= 15 is 0 Å². The Kier molecular flexibility index (Phi) is 7.96. The predicted molar refractivity (Wildman–Crippen MR) is 169 cm³/mol. The maximum absolute atomic E-state index is 14.1. The van der Waals surface area contributed by atoms with Crippen LogP contribution >= 0.6 is 0 Å². The molecule has 1 saturated carbocycles. The van der Waals surface area contributed by atoms with Crippen molar-refractivity contribution in [3.63, 3.8) is 0 Å². The molecule has 244 valence electrons. The number of aliphatic hydroxyl groups excluding tert-OH is 2. The Morgan fingerprint density at radius 1 is 1.09 bits per heavy atom. The van der Waals surface area contributed by atoms with Gasteiger partial charge in [0.1, 0.15) is 28.6 Å². The smallest absolute Gasteiger partial charge is 0.255 e. The average Bonchev–Trinajstić information content (AvgIpc) is 3.00. The number of phenolic OH excluding ortho intramolecular Hbond substituents is 1. The number of carbonyl (C=O) groups excluding carboxylic acids is 3. The number of carbonyl (C=O) groups is 3. The van der Waals surface area contributed by atoms with E-state index in [2.05, 4.69) is 16.8 Å². The molecule has 2 aromatic rings. The summed E-state index contributed by atoms with van der Waals surface area (Å²) in [6, 6.07) is 7.94. The molecule has 3 aliphatic carbocycles. The summed E-state index contributed by atoms with van der Waals surface area (Å²) in [6.07, 6.45) is 0.232. The van der Waals surface area contributed by atoms with Gasteiger partial charge in [-0.2, -0.15) is 0 Å². The van der Waals surface area contributed by atoms with Crippen LogP contribution in [0.3, 0.4) is 0 Å². The first-order valence-corrected chi connectivity index (χ1v) is 15.4. The topological polar surface area (TPSA) is 177 Å². The Morgan fingerprint density at radius 2 is 1.78 bits per heavy atom. The lowest BCUT2D eigenvalue weighted by atomic mass is 9.57. The predicted octanol–water partition coefficient (Wildman–Crippen LogP) is 1.39. The third kappa shape index (κ3) is 4.79. The Hall–Kier alpha value is -4.23. The van der Waals surface area contributed by atoms with E-state index in [0.29, 0.717) is 12.1 Å². The first-order valence-electron chi connectivity index (χ1n) is 15.4. The highest BCUT2D eigenvalue weighted by Gasteiger charge is 2.64. The van der Waals surface area contributed by atoms with Crippen molar-refractivity contribution < 1.29 is 39.5 Å². The number of methoxy groups -OCH3 is 1. The number of likely N-dealkylation sites (N-methyl/N-ethyl adjacent to an activating group) is 2. The molecule has 0 aromatic heterocycles. The molecule has 6 N–H and O–H groups in total. The molecule has 1 amide bonds. The number of phenols is 1. The van der Waals surface area contributed by atoms with Gasteiger partial charge in [-0.25, -0.2) is 0 Å². The fourth-order valence-electron chi connectivity index (χ4n) is 7.83. The van der Waals surface area contributed by atoms with E-state index < -0.39 is 58.0 Å². The number of aromatic hydroxyl groups is 1. The van der Waals surface area contributed by atoms with Crippen molar-refractivity contribution in [3.8, 4) is 22.6 Å². The van der Waals surface area contributed by atoms with Crippen LogP contribution in [0.1, 0.15) is 23.1 Å². The highest BCUT2D eigenvalue weighted by atomic mass is 16.5. The molecule has 0 radical (unpaired) electrons. The minimum atomic E-state index is -2.67. The van der Waals surface area contributed by atoms with Gasteiger partial charge in [-0.3, -0.25) is 24.2 Å². The summed E-state index contributed by atoms with van der Waals surface area (Å²) < 4.78 is 5.69. The van der Waals surface area contributed by atoms with Gasteiger partial charge in [-0.05, 0) is 74.8 Å². The third-order valence-corrected chi connectivity index (χ3v) is 10.2. The van der Waals surface area contributed by atoms with Crippen molar-refractivity contribution in [3.05, 3.63) is 63.9 Å². The molecule has 12 nitrogen and oxygen atoms in total. The van der Waals surface area contributed by atoms with Crippen molar-refractivity contribution in [2.75, 3.05) is 54.4 Å². The number of piperazine rings is 1. The standard InChI is InChI=1S/C34H40N4O8/c1-36(2)28-22-15-18-14-21-20(17-5-8-24(46-4)19(13-17)16-38-11-9-37(3)10-12-38)6-7-23(39)26(21)29(40)25(18)31(42)34(22,45)32(43)27(30(28)41)33(35)44/h5-8,13,18,22,28,39-40,43,45H,9-12,14-16H2,1-4H3,(H2,35,44)/t18-,22-,28-,34-/m1/s1. The number of ether oxygens (including phenoxy) is 1. The van der Waals surface area contributed by atoms with Crippen LogP contribution in [0.5, 0.6) is 11.5 Å². The number of amides is 1. The van der Waals surface area contributed by atoms with Gasteiger partial charge in [0, 0.05) is 49.8 Å². The summed E-state index contributed by atoms with van der Waals surface area (Å²) in [4.78, 5) is 45.9. The van der Waals surface area contributed by atoms with Crippen LogP contribution in [-0.4, -0.2) is 119 Å². The zero-order chi connectivity index (χ0) is 33.2. The van der Waals surface area contributed by atoms with E-state index in [-0.39, 0.29) is 29.7 Å². The van der Waals surface area contributed by atoms with Crippen molar-refractivity contribution >= 4 is 23.2 Å². The van der Waals surface area contributed by atoms with E-state index in [1.807, 2.05) is 18.2 Å². The molecule has 6 rings (SSSR count). The highest BCUT2D eigenvalue weighted by molar-refractivity contribution is 6.24. The largest absolute Gasteiger partial charge is 0.508 e. The van der Waals surface area contributed by atoms with Crippen molar-refractivity contribution in [2.24, 2.45) is 17.6 Å². The fourth-order valence-corrected chi connectivity index (χ4v) is 7.83. The van der Waals surface area contributed by atoms with Crippen LogP contribution in [0, 0.1) is 11.8 Å². The molecule has 1 aliphatic heterocycles. The molecule has 1 saturated heterocycles. The molecule has 1 heterocycles. The second-order valence-electron chi connectivity index (χ2n) is 13.1. The van der Waals surface area contributed by atoms with Gasteiger partial charge in [-0.15, -0.1) is 0 Å². The van der Waals surface area contributed by atoms with Gasteiger partial charge in [0.25, 0.3) is 5.91 Å². The summed E-state index contributed by atoms with van der Waals surface area (Å²) in [5.41, 5.74) is 4.97. The van der Waals surface area contributed by atoms with E-state index in [1.54, 1.807) is 27.3 Å². The van der Waals surface area contributed by atoms with Crippen LogP contribution in [-0.2, 0) is 27.3 Å². The normalized spacial score (nSPS) is 27.0. The lowest BCUT2D eigenvalue weighted by Crippen LogP contribution is -2.65. The number of rotatable bonds is 6. The second-order valence-corrected chi connectivity index (χ2v) is 13.1. The molecule has 0 unspecified atom stereocenters. The first kappa shape index (κ1) is 31.7. The number of nitrogens with two attached hydrogens (primary N) is 1. The first-order chi connectivity index (χ1) is 21.8. The molecule has 0 bridgehead atoms. The SMILES string of the molecule is COc1ccc(-c2ccc(O)c3c2C[C@@H]2C[C@@H]4[C@@H](N(C)C)C(=O)C(C(N)=O)=C(O)[C@]4(O)C(=O)C2=C3O)cc1CN1CCN(C)CC1. The molecule has 0 spiro atoms. The van der Waals surface area contributed by atoms with E-state index in [0.717, 1.165) is 48.6 Å². The molecular weight excluding hydrogens is 592 g/mol. The number of benzene rings is 2. The average molecular weight is 633 g/mol. The molecule has 4 atom stereocenters. The van der Waals surface area contributed by atoms with Crippen molar-refractivity contribution in [1.82, 2.24) is 14.7 Å². The molecular formula is C34H40N4O8. The quantitative estimate of drug-likeness (QED) is 0.291. The minimum Gasteiger partial charge on any atom is -0.508 e. The van der Waals surface area contributed by atoms with E-state index in [1.165, 1.54) is 11.0 Å². The number of hydrogen-bond donors (Lipinski definition) is 5. The maximum atomic E-state index is 14.1. The van der Waals surface area contributed by atoms with Crippen LogP contribution in [0.15, 0.2) is 47.2 Å². The summed E-state index contributed by atoms with van der Waals surface area (Å²) in [5, 5.41) is 45.5. The van der Waals surface area contributed by atoms with Gasteiger partial charge in [-0.1, -0.05) is 12.1 Å². The number of nitrogens with zero attached hydrogens (tertiary/aromatic N) is 3. The molecule has 46 heavy (non-hydrogen) atoms. The van der Waals surface area contributed by atoms with E-state index in [4.69, 9.17) is 10.5 Å². The van der Waals surface area contributed by atoms with Gasteiger partial charge in [0.05, 0.1) is 18.7 Å². The van der Waals surface area contributed by atoms with Crippen LogP contribution in [0.2, 0.25) is 0 Å². The number of primary amides is 1. The minimum absolute atomic E-state index is 0.0259. The van der Waals surface area contributed by atoms with Crippen LogP contribution in [0.25, 0.3) is 16.9 Å². The van der Waals surface area contributed by atoms with Crippen LogP contribution < -0.4 is 10.5 Å². The summed E-state index contributed by atoms with van der Waals surface area (Å²) in [5.74, 6) is -6.00. The Labute approximate surface area is 267 Å². The Morgan fingerprint density at radius 3 is 2.41 bits per heavy atom. The number of Topliss-reactive ketones (excluding diaryl/α,β-unsaturated/α-hetero) is 2.